The number of fused-ring (bicyclic) bond motifs is 3. The number of anilines is 1. The highest BCUT2D eigenvalue weighted by Crippen LogP contribution is 2.38. The van der Waals surface area contributed by atoms with Crippen molar-refractivity contribution >= 4 is 29.7 Å². The average Bonchev–Trinajstić information content (AvgIpc) is 3.24. The molecule has 0 amide bonds. The quantitative estimate of drug-likeness (QED) is 0.315. The lowest BCUT2D eigenvalue weighted by Gasteiger charge is -2.32. The molecule has 1 aliphatic rings. The number of hydrogen-bond donors (Lipinski definition) is 0. The Hall–Kier alpha value is -3.09. The van der Waals surface area contributed by atoms with Gasteiger partial charge in [0.05, 0.1) is 17.4 Å². The van der Waals surface area contributed by atoms with Crippen LogP contribution in [-0.2, 0) is 14.8 Å². The van der Waals surface area contributed by atoms with E-state index in [2.05, 4.69) is 46.4 Å². The van der Waals surface area contributed by atoms with Gasteiger partial charge in [-0.3, -0.25) is 4.57 Å². The molecule has 10 nitrogen and oxygen atoms in total. The highest BCUT2D eigenvalue weighted by atomic mass is 32.2. The molecule has 12 heteroatoms. The van der Waals surface area contributed by atoms with Crippen LogP contribution in [0.4, 0.5) is 5.95 Å². The molecule has 3 aromatic rings. The van der Waals surface area contributed by atoms with Crippen molar-refractivity contribution in [2.45, 2.75) is 70.8 Å². The first kappa shape index (κ1) is 28.9. The molecular formula is C27H38N6O4SSi. The largest absolute Gasteiger partial charge is 0.487 e. The summed E-state index contributed by atoms with van der Waals surface area (Å²) in [4.78, 5) is 8.83. The lowest BCUT2D eigenvalue weighted by Crippen LogP contribution is -2.45. The standard InChI is InChI=1S/C27H38N6O4SSi/c1-18(2)37-24(25-28-15-19(3)16-29-25)21(5)38(34,35)32(13-14-39(6,7)8)27-31-30-26-22-11-9-10-12-23(22)36-17-20(4)33(26)27/h9-12,15-16,18,21,24H,4,13-14,17H2,1-3,5-8H3/t21-,24+/m0/s1. The lowest BCUT2D eigenvalue weighted by molar-refractivity contribution is 0.00139. The number of benzene rings is 1. The van der Waals surface area contributed by atoms with Gasteiger partial charge in [0.2, 0.25) is 16.0 Å². The Bertz CT molecular complexity index is 1430. The van der Waals surface area contributed by atoms with Crippen molar-refractivity contribution < 1.29 is 17.9 Å². The zero-order valence-electron chi connectivity index (χ0n) is 23.7. The Morgan fingerprint density at radius 2 is 1.79 bits per heavy atom. The van der Waals surface area contributed by atoms with Crippen LogP contribution in [0.3, 0.4) is 0 Å². The summed E-state index contributed by atoms with van der Waals surface area (Å²) >= 11 is 0. The van der Waals surface area contributed by atoms with Crippen LogP contribution in [0.1, 0.15) is 38.3 Å². The van der Waals surface area contributed by atoms with Crippen molar-refractivity contribution in [1.29, 1.82) is 0 Å². The number of sulfonamides is 1. The summed E-state index contributed by atoms with van der Waals surface area (Å²) < 4.78 is 44.1. The molecule has 1 aliphatic heterocycles. The molecular weight excluding hydrogens is 532 g/mol. The maximum Gasteiger partial charge on any atom is 0.245 e. The van der Waals surface area contributed by atoms with E-state index < -0.39 is 29.5 Å². The summed E-state index contributed by atoms with van der Waals surface area (Å²) in [6, 6.07) is 8.21. The van der Waals surface area contributed by atoms with Crippen molar-refractivity contribution in [3.8, 4) is 17.1 Å². The zero-order valence-corrected chi connectivity index (χ0v) is 25.6. The minimum atomic E-state index is -4.05. The number of aromatic nitrogens is 5. The summed E-state index contributed by atoms with van der Waals surface area (Å²) in [6.07, 6.45) is 2.21. The van der Waals surface area contributed by atoms with Crippen LogP contribution < -0.4 is 9.04 Å². The first-order valence-electron chi connectivity index (χ1n) is 13.1. The Morgan fingerprint density at radius 3 is 2.44 bits per heavy atom. The molecule has 210 valence electrons. The van der Waals surface area contributed by atoms with E-state index in [0.717, 1.165) is 17.2 Å². The molecule has 4 rings (SSSR count). The molecule has 0 spiro atoms. The van der Waals surface area contributed by atoms with Gasteiger partial charge in [-0.05, 0) is 51.4 Å². The fourth-order valence-corrected chi connectivity index (χ4v) is 6.91. The number of rotatable bonds is 10. The van der Waals surface area contributed by atoms with Gasteiger partial charge in [-0.25, -0.2) is 22.7 Å². The molecule has 0 saturated carbocycles. The molecule has 1 aromatic carbocycles. The van der Waals surface area contributed by atoms with Crippen molar-refractivity contribution in [3.05, 3.63) is 54.6 Å². The Labute approximate surface area is 232 Å². The van der Waals surface area contributed by atoms with E-state index in [9.17, 15) is 8.42 Å². The highest BCUT2D eigenvalue weighted by molar-refractivity contribution is 7.93. The van der Waals surface area contributed by atoms with Gasteiger partial charge >= 0.3 is 0 Å². The molecule has 0 aliphatic carbocycles. The second-order valence-corrected chi connectivity index (χ2v) is 19.2. The van der Waals surface area contributed by atoms with Gasteiger partial charge < -0.3 is 9.47 Å². The highest BCUT2D eigenvalue weighted by Gasteiger charge is 2.41. The topological polar surface area (TPSA) is 112 Å². The first-order valence-corrected chi connectivity index (χ1v) is 18.3. The Kier molecular flexibility index (Phi) is 8.29. The predicted molar refractivity (Wildman–Crippen MR) is 156 cm³/mol. The minimum absolute atomic E-state index is 0.169. The average molecular weight is 571 g/mol. The van der Waals surface area contributed by atoms with E-state index in [1.54, 1.807) is 23.9 Å². The van der Waals surface area contributed by atoms with E-state index in [1.807, 2.05) is 45.0 Å². The summed E-state index contributed by atoms with van der Waals surface area (Å²) in [6.45, 7) is 18.5. The van der Waals surface area contributed by atoms with Gasteiger partial charge in [0, 0.05) is 27.0 Å². The number of aryl methyl sites for hydroxylation is 1. The molecule has 0 fully saturated rings. The zero-order chi connectivity index (χ0) is 28.5. The summed E-state index contributed by atoms with van der Waals surface area (Å²) in [5.41, 5.74) is 2.14. The fourth-order valence-electron chi connectivity index (χ4n) is 4.27. The third-order valence-corrected chi connectivity index (χ3v) is 10.3. The minimum Gasteiger partial charge on any atom is -0.487 e. The van der Waals surface area contributed by atoms with Gasteiger partial charge in [-0.1, -0.05) is 38.4 Å². The van der Waals surface area contributed by atoms with Crippen LogP contribution in [0, 0.1) is 6.92 Å². The molecule has 2 atom stereocenters. The van der Waals surface area contributed by atoms with Crippen LogP contribution in [0.15, 0.2) is 43.2 Å². The molecule has 3 heterocycles. The van der Waals surface area contributed by atoms with Gasteiger partial charge in [-0.15, -0.1) is 10.2 Å². The molecule has 2 aromatic heterocycles. The molecule has 39 heavy (non-hydrogen) atoms. The Morgan fingerprint density at radius 1 is 1.13 bits per heavy atom. The van der Waals surface area contributed by atoms with E-state index >= 15 is 0 Å². The summed E-state index contributed by atoms with van der Waals surface area (Å²) in [5, 5.41) is 7.84. The number of nitrogens with zero attached hydrogens (tertiary/aromatic N) is 6. The van der Waals surface area contributed by atoms with Crippen LogP contribution in [0.2, 0.25) is 25.7 Å². The second-order valence-electron chi connectivity index (χ2n) is 11.4. The van der Waals surface area contributed by atoms with E-state index in [4.69, 9.17) is 9.47 Å². The van der Waals surface area contributed by atoms with Crippen LogP contribution in [0.25, 0.3) is 17.1 Å². The van der Waals surface area contributed by atoms with Gasteiger partial charge in [0.1, 0.15) is 23.7 Å². The van der Waals surface area contributed by atoms with E-state index in [-0.39, 0.29) is 25.2 Å². The van der Waals surface area contributed by atoms with Gasteiger partial charge in [0.15, 0.2) is 11.6 Å². The SMILES string of the molecule is C=C1COc2ccccc2-c2nnc(N(CC[Si](C)(C)C)S(=O)(=O)[C@@H](C)[C@@H](OC(C)C)c3ncc(C)cn3)n21. The molecule has 0 N–H and O–H groups in total. The smallest absolute Gasteiger partial charge is 0.245 e. The van der Waals surface area contributed by atoms with Crippen LogP contribution in [0.5, 0.6) is 5.75 Å². The molecule has 0 saturated heterocycles. The molecule has 0 unspecified atom stereocenters. The van der Waals surface area contributed by atoms with Crippen molar-refractivity contribution in [2.24, 2.45) is 0 Å². The van der Waals surface area contributed by atoms with Gasteiger partial charge in [-0.2, -0.15) is 0 Å². The van der Waals surface area contributed by atoms with Crippen molar-refractivity contribution in [3.63, 3.8) is 0 Å². The molecule has 0 bridgehead atoms. The van der Waals surface area contributed by atoms with E-state index in [1.165, 1.54) is 4.31 Å². The first-order chi connectivity index (χ1) is 18.3. The van der Waals surface area contributed by atoms with Crippen LogP contribution >= 0.6 is 0 Å². The summed E-state index contributed by atoms with van der Waals surface area (Å²) in [5.74, 6) is 1.64. The van der Waals surface area contributed by atoms with E-state index in [0.29, 0.717) is 23.1 Å². The Balaban J connectivity index is 1.84. The second kappa shape index (κ2) is 11.2. The fraction of sp³-hybridized carbons (Fsp3) is 0.481. The monoisotopic (exact) mass is 570 g/mol. The normalized spacial score (nSPS) is 15.2. The lowest BCUT2D eigenvalue weighted by atomic mass is 10.2. The third-order valence-electron chi connectivity index (χ3n) is 6.45. The maximum atomic E-state index is 14.5. The van der Waals surface area contributed by atoms with Crippen molar-refractivity contribution in [2.75, 3.05) is 17.5 Å². The molecule has 0 radical (unpaired) electrons. The number of ether oxygens (including phenoxy) is 2. The predicted octanol–water partition coefficient (Wildman–Crippen LogP) is 4.94. The van der Waals surface area contributed by atoms with Crippen LogP contribution in [-0.4, -0.2) is 65.7 Å². The third kappa shape index (κ3) is 6.23. The van der Waals surface area contributed by atoms with Crippen molar-refractivity contribution in [1.82, 2.24) is 24.7 Å². The van der Waals surface area contributed by atoms with Gasteiger partial charge in [0.25, 0.3) is 0 Å². The number of hydrogen-bond acceptors (Lipinski definition) is 8. The maximum absolute atomic E-state index is 14.5. The summed E-state index contributed by atoms with van der Waals surface area (Å²) in [7, 11) is -5.71. The number of para-hydroxylation sites is 1.